The first kappa shape index (κ1) is 13.6. The molecule has 0 unspecified atom stereocenters. The van der Waals surface area contributed by atoms with Crippen molar-refractivity contribution in [3.63, 3.8) is 0 Å². The molecule has 0 saturated carbocycles. The van der Waals surface area contributed by atoms with Gasteiger partial charge in [0.25, 0.3) is 0 Å². The van der Waals surface area contributed by atoms with Crippen molar-refractivity contribution in [2.75, 3.05) is 19.4 Å². The highest BCUT2D eigenvalue weighted by Gasteiger charge is 2.23. The lowest BCUT2D eigenvalue weighted by molar-refractivity contribution is 0.218. The second-order valence-electron chi connectivity index (χ2n) is 5.20. The molecule has 0 bridgehead atoms. The van der Waals surface area contributed by atoms with Crippen LogP contribution in [0.2, 0.25) is 0 Å². The zero-order valence-electron chi connectivity index (χ0n) is 12.2. The molecule has 2 N–H and O–H groups in total. The molecule has 1 aromatic carbocycles. The second kappa shape index (κ2) is 5.54. The largest absolute Gasteiger partial charge is 0.323 e. The molecule has 2 aromatic rings. The third-order valence-electron chi connectivity index (χ3n) is 3.67. The van der Waals surface area contributed by atoms with Crippen molar-refractivity contribution in [3.8, 4) is 11.1 Å². The molecule has 0 radical (unpaired) electrons. The van der Waals surface area contributed by atoms with Gasteiger partial charge in [0.15, 0.2) is 0 Å². The number of urea groups is 1. The molecule has 0 atom stereocenters. The summed E-state index contributed by atoms with van der Waals surface area (Å²) in [4.78, 5) is 17.6. The first-order valence-corrected chi connectivity index (χ1v) is 6.93. The van der Waals surface area contributed by atoms with Crippen LogP contribution in [0.3, 0.4) is 0 Å². The van der Waals surface area contributed by atoms with E-state index in [2.05, 4.69) is 39.9 Å². The Morgan fingerprint density at radius 3 is 2.76 bits per heavy atom. The molecule has 0 spiro atoms. The van der Waals surface area contributed by atoms with Gasteiger partial charge in [-0.05, 0) is 29.8 Å². The van der Waals surface area contributed by atoms with Crippen LogP contribution < -0.4 is 10.6 Å². The van der Waals surface area contributed by atoms with Gasteiger partial charge < -0.3 is 10.2 Å². The van der Waals surface area contributed by atoms with Gasteiger partial charge in [0.1, 0.15) is 5.82 Å². The number of carbonyl (C=O) groups excluding carboxylic acids is 1. The molecule has 1 aliphatic rings. The smallest absolute Gasteiger partial charge is 0.323 e. The number of anilines is 1. The summed E-state index contributed by atoms with van der Waals surface area (Å²) in [6.45, 7) is 1.43. The predicted octanol–water partition coefficient (Wildman–Crippen LogP) is 2.45. The topological polar surface area (TPSA) is 57.3 Å². The molecule has 0 saturated heterocycles. The van der Waals surface area contributed by atoms with Crippen LogP contribution in [-0.2, 0) is 13.1 Å². The number of amides is 2. The van der Waals surface area contributed by atoms with Gasteiger partial charge in [-0.15, -0.1) is 0 Å². The van der Waals surface area contributed by atoms with Crippen molar-refractivity contribution >= 4 is 11.8 Å². The lowest BCUT2D eigenvalue weighted by Crippen LogP contribution is -2.36. The number of fused-ring (bicyclic) bond motifs is 1. The van der Waals surface area contributed by atoms with Crippen LogP contribution in [0.4, 0.5) is 10.6 Å². The van der Waals surface area contributed by atoms with E-state index in [-0.39, 0.29) is 6.03 Å². The van der Waals surface area contributed by atoms with E-state index in [0.717, 1.165) is 23.2 Å². The number of benzene rings is 1. The summed E-state index contributed by atoms with van der Waals surface area (Å²) in [5.41, 5.74) is 4.55. The standard InChI is InChI=1S/C16H18N4O/c1-17-9-11-3-5-12(6-4-11)13-7-8-18-15-14(13)10-20(2)16(21)19-15/h3-8,17H,9-10H2,1-2H3,(H,18,19,21). The lowest BCUT2D eigenvalue weighted by Gasteiger charge is -2.26. The summed E-state index contributed by atoms with van der Waals surface area (Å²) in [7, 11) is 3.72. The van der Waals surface area contributed by atoms with Crippen molar-refractivity contribution < 1.29 is 4.79 Å². The van der Waals surface area contributed by atoms with Gasteiger partial charge in [-0.1, -0.05) is 24.3 Å². The van der Waals surface area contributed by atoms with Crippen LogP contribution in [-0.4, -0.2) is 30.0 Å². The zero-order chi connectivity index (χ0) is 14.8. The Morgan fingerprint density at radius 2 is 2.05 bits per heavy atom. The van der Waals surface area contributed by atoms with Crippen LogP contribution in [0.25, 0.3) is 11.1 Å². The number of carbonyl (C=O) groups is 1. The molecule has 0 aliphatic carbocycles. The van der Waals surface area contributed by atoms with Gasteiger partial charge in [0.05, 0.1) is 6.54 Å². The minimum Gasteiger partial charge on any atom is -0.323 e. The fraction of sp³-hybridized carbons (Fsp3) is 0.250. The average Bonchev–Trinajstić information content (AvgIpc) is 2.49. The van der Waals surface area contributed by atoms with Crippen LogP contribution in [0.5, 0.6) is 0 Å². The van der Waals surface area contributed by atoms with Crippen molar-refractivity contribution in [3.05, 3.63) is 47.7 Å². The Bertz CT molecular complexity index is 666. The van der Waals surface area contributed by atoms with Crippen LogP contribution >= 0.6 is 0 Å². The number of pyridine rings is 1. The van der Waals surface area contributed by atoms with Gasteiger partial charge in [0, 0.05) is 25.4 Å². The number of hydrogen-bond donors (Lipinski definition) is 2. The first-order chi connectivity index (χ1) is 10.2. The number of aromatic nitrogens is 1. The van der Waals surface area contributed by atoms with Gasteiger partial charge in [-0.25, -0.2) is 9.78 Å². The molecule has 2 heterocycles. The van der Waals surface area contributed by atoms with Crippen molar-refractivity contribution in [1.82, 2.24) is 15.2 Å². The van der Waals surface area contributed by atoms with E-state index >= 15 is 0 Å². The quantitative estimate of drug-likeness (QED) is 0.909. The predicted molar refractivity (Wildman–Crippen MR) is 82.9 cm³/mol. The zero-order valence-corrected chi connectivity index (χ0v) is 12.2. The minimum atomic E-state index is -0.114. The molecular weight excluding hydrogens is 264 g/mol. The van der Waals surface area contributed by atoms with Crippen molar-refractivity contribution in [1.29, 1.82) is 0 Å². The molecule has 1 aliphatic heterocycles. The highest BCUT2D eigenvalue weighted by molar-refractivity contribution is 5.92. The maximum Gasteiger partial charge on any atom is 0.323 e. The molecule has 0 fully saturated rings. The van der Waals surface area contributed by atoms with E-state index in [1.807, 2.05) is 13.1 Å². The third-order valence-corrected chi connectivity index (χ3v) is 3.67. The summed E-state index contributed by atoms with van der Waals surface area (Å²) < 4.78 is 0. The highest BCUT2D eigenvalue weighted by atomic mass is 16.2. The average molecular weight is 282 g/mol. The molecular formula is C16H18N4O. The maximum absolute atomic E-state index is 11.7. The number of nitrogens with one attached hydrogen (secondary N) is 2. The molecule has 5 heteroatoms. The van der Waals surface area contributed by atoms with E-state index in [1.54, 1.807) is 18.1 Å². The summed E-state index contributed by atoms with van der Waals surface area (Å²) in [6.07, 6.45) is 1.74. The summed E-state index contributed by atoms with van der Waals surface area (Å²) >= 11 is 0. The van der Waals surface area contributed by atoms with Gasteiger partial charge >= 0.3 is 6.03 Å². The third kappa shape index (κ3) is 2.60. The van der Waals surface area contributed by atoms with E-state index in [4.69, 9.17) is 0 Å². The summed E-state index contributed by atoms with van der Waals surface area (Å²) in [5.74, 6) is 0.662. The summed E-state index contributed by atoms with van der Waals surface area (Å²) in [5, 5.41) is 5.96. The first-order valence-electron chi connectivity index (χ1n) is 6.93. The van der Waals surface area contributed by atoms with Crippen molar-refractivity contribution in [2.24, 2.45) is 0 Å². The second-order valence-corrected chi connectivity index (χ2v) is 5.20. The highest BCUT2D eigenvalue weighted by Crippen LogP contribution is 2.31. The fourth-order valence-electron chi connectivity index (χ4n) is 2.54. The van der Waals surface area contributed by atoms with E-state index in [1.165, 1.54) is 5.56 Å². The molecule has 3 rings (SSSR count). The Hall–Kier alpha value is -2.40. The minimum absolute atomic E-state index is 0.114. The van der Waals surface area contributed by atoms with Gasteiger partial charge in [0.2, 0.25) is 0 Å². The molecule has 5 nitrogen and oxygen atoms in total. The Balaban J connectivity index is 1.99. The fourth-order valence-corrected chi connectivity index (χ4v) is 2.54. The summed E-state index contributed by atoms with van der Waals surface area (Å²) in [6, 6.07) is 10.3. The van der Waals surface area contributed by atoms with E-state index in [9.17, 15) is 4.79 Å². The van der Waals surface area contributed by atoms with E-state index < -0.39 is 0 Å². The molecule has 2 amide bonds. The van der Waals surface area contributed by atoms with Gasteiger partial charge in [-0.3, -0.25) is 5.32 Å². The van der Waals surface area contributed by atoms with Crippen LogP contribution in [0.1, 0.15) is 11.1 Å². The Kier molecular flexibility index (Phi) is 3.58. The van der Waals surface area contributed by atoms with Gasteiger partial charge in [-0.2, -0.15) is 0 Å². The molecule has 108 valence electrons. The molecule has 21 heavy (non-hydrogen) atoms. The van der Waals surface area contributed by atoms with Crippen molar-refractivity contribution in [2.45, 2.75) is 13.1 Å². The number of nitrogens with zero attached hydrogens (tertiary/aromatic N) is 2. The maximum atomic E-state index is 11.7. The van der Waals surface area contributed by atoms with Crippen LogP contribution in [0.15, 0.2) is 36.5 Å². The number of rotatable bonds is 3. The Morgan fingerprint density at radius 1 is 1.29 bits per heavy atom. The molecule has 1 aromatic heterocycles. The monoisotopic (exact) mass is 282 g/mol. The lowest BCUT2D eigenvalue weighted by atomic mass is 9.98. The normalized spacial score (nSPS) is 13.8. The number of hydrogen-bond acceptors (Lipinski definition) is 3. The van der Waals surface area contributed by atoms with E-state index in [0.29, 0.717) is 12.4 Å². The van der Waals surface area contributed by atoms with Crippen LogP contribution in [0, 0.1) is 0 Å². The SMILES string of the molecule is CNCc1ccc(-c2ccnc3c2CN(C)C(=O)N3)cc1. The Labute approximate surface area is 124 Å².